The summed E-state index contributed by atoms with van der Waals surface area (Å²) < 4.78 is 5.79. The van der Waals surface area contributed by atoms with E-state index in [9.17, 15) is 9.59 Å². The number of carbonyl (C=O) groups excluding carboxylic acids is 2. The van der Waals surface area contributed by atoms with Crippen LogP contribution >= 0.6 is 0 Å². The summed E-state index contributed by atoms with van der Waals surface area (Å²) >= 11 is 0. The molecule has 146 valence electrons. The number of ether oxygens (including phenoxy) is 1. The molecule has 1 amide bonds. The number of pyridine rings is 1. The number of rotatable bonds is 4. The van der Waals surface area contributed by atoms with E-state index < -0.39 is 0 Å². The van der Waals surface area contributed by atoms with Gasteiger partial charge in [-0.2, -0.15) is 0 Å². The molecular weight excluding hydrogens is 352 g/mol. The van der Waals surface area contributed by atoms with Gasteiger partial charge >= 0.3 is 0 Å². The highest BCUT2D eigenvalue weighted by Gasteiger charge is 2.41. The molecule has 1 N–H and O–H groups in total. The van der Waals surface area contributed by atoms with Gasteiger partial charge in [-0.25, -0.2) is 4.98 Å². The van der Waals surface area contributed by atoms with Crippen molar-refractivity contribution in [3.63, 3.8) is 0 Å². The van der Waals surface area contributed by atoms with E-state index in [0.717, 1.165) is 30.6 Å². The van der Waals surface area contributed by atoms with Crippen molar-refractivity contribution in [2.45, 2.75) is 46.0 Å². The Morgan fingerprint density at radius 3 is 2.46 bits per heavy atom. The lowest BCUT2D eigenvalue weighted by molar-refractivity contribution is -0.136. The fourth-order valence-electron chi connectivity index (χ4n) is 4.35. The van der Waals surface area contributed by atoms with Crippen LogP contribution in [0.2, 0.25) is 0 Å². The van der Waals surface area contributed by atoms with Crippen LogP contribution in [0.5, 0.6) is 11.6 Å². The van der Waals surface area contributed by atoms with Gasteiger partial charge in [-0.1, -0.05) is 12.5 Å². The molecule has 0 aliphatic heterocycles. The zero-order chi connectivity index (χ0) is 19.7. The van der Waals surface area contributed by atoms with Crippen LogP contribution in [-0.4, -0.2) is 16.7 Å². The predicted molar refractivity (Wildman–Crippen MR) is 107 cm³/mol. The molecule has 28 heavy (non-hydrogen) atoms. The summed E-state index contributed by atoms with van der Waals surface area (Å²) in [4.78, 5) is 29.2. The fraction of sp³-hybridized carbons (Fsp3) is 0.435. The molecule has 2 aromatic rings. The quantitative estimate of drug-likeness (QED) is 0.828. The second-order valence-electron chi connectivity index (χ2n) is 8.12. The number of aromatic nitrogens is 1. The lowest BCUT2D eigenvalue weighted by Gasteiger charge is -2.36. The number of hydrogen-bond acceptors (Lipinski definition) is 4. The number of carbonyl (C=O) groups is 2. The number of aryl methyl sites for hydroxylation is 2. The zero-order valence-corrected chi connectivity index (χ0v) is 16.4. The van der Waals surface area contributed by atoms with Crippen molar-refractivity contribution in [1.29, 1.82) is 0 Å². The number of benzene rings is 1. The minimum atomic E-state index is -0.0838. The number of amides is 1. The van der Waals surface area contributed by atoms with Gasteiger partial charge in [0.05, 0.1) is 11.9 Å². The average molecular weight is 378 g/mol. The number of anilines is 1. The third-order valence-electron chi connectivity index (χ3n) is 6.12. The molecular formula is C23H26N2O3. The van der Waals surface area contributed by atoms with Gasteiger partial charge in [-0.3, -0.25) is 9.59 Å². The number of hydrogen-bond donors (Lipinski definition) is 1. The van der Waals surface area contributed by atoms with E-state index in [1.807, 2.05) is 25.1 Å². The Balaban J connectivity index is 1.37. The third-order valence-corrected chi connectivity index (χ3v) is 6.12. The van der Waals surface area contributed by atoms with E-state index in [-0.39, 0.29) is 23.7 Å². The van der Waals surface area contributed by atoms with Crippen LogP contribution in [0.15, 0.2) is 36.5 Å². The first-order valence-electron chi connectivity index (χ1n) is 10.1. The fourth-order valence-corrected chi connectivity index (χ4v) is 4.35. The highest BCUT2D eigenvalue weighted by atomic mass is 16.5. The molecule has 0 spiro atoms. The first kappa shape index (κ1) is 18.7. The maximum absolute atomic E-state index is 12.7. The van der Waals surface area contributed by atoms with E-state index in [1.165, 1.54) is 5.56 Å². The molecule has 5 nitrogen and oxygen atoms in total. The van der Waals surface area contributed by atoms with Crippen molar-refractivity contribution in [2.24, 2.45) is 17.8 Å². The smallest absolute Gasteiger partial charge is 0.227 e. The lowest BCUT2D eigenvalue weighted by Crippen LogP contribution is -2.40. The Kier molecular flexibility index (Phi) is 5.16. The van der Waals surface area contributed by atoms with Crippen molar-refractivity contribution in [1.82, 2.24) is 4.98 Å². The second-order valence-corrected chi connectivity index (χ2v) is 8.12. The number of fused-ring (bicyclic) bond motifs is 2. The van der Waals surface area contributed by atoms with Gasteiger partial charge in [0.2, 0.25) is 11.8 Å². The molecule has 0 saturated heterocycles. The summed E-state index contributed by atoms with van der Waals surface area (Å²) in [7, 11) is 0. The van der Waals surface area contributed by atoms with Crippen molar-refractivity contribution in [2.75, 3.05) is 5.32 Å². The molecule has 1 aromatic carbocycles. The molecule has 2 aliphatic carbocycles. The Labute approximate surface area is 165 Å². The summed E-state index contributed by atoms with van der Waals surface area (Å²) in [6.07, 6.45) is 5.96. The van der Waals surface area contributed by atoms with Crippen LogP contribution in [-0.2, 0) is 9.59 Å². The average Bonchev–Trinajstić information content (AvgIpc) is 2.66. The molecule has 0 radical (unpaired) electrons. The monoisotopic (exact) mass is 378 g/mol. The number of Topliss-reactive ketones (excluding diaryl/α,β-unsaturated/α-hetero) is 1. The molecule has 2 saturated carbocycles. The third kappa shape index (κ3) is 3.93. The highest BCUT2D eigenvalue weighted by Crippen LogP contribution is 2.40. The Morgan fingerprint density at radius 1 is 1.07 bits per heavy atom. The van der Waals surface area contributed by atoms with Crippen LogP contribution in [0, 0.1) is 31.6 Å². The first-order valence-corrected chi connectivity index (χ1v) is 10.1. The minimum absolute atomic E-state index is 0.00553. The molecule has 1 aromatic heterocycles. The van der Waals surface area contributed by atoms with Crippen LogP contribution in [0.1, 0.15) is 43.2 Å². The zero-order valence-electron chi connectivity index (χ0n) is 16.4. The number of ketones is 1. The topological polar surface area (TPSA) is 68.3 Å². The van der Waals surface area contributed by atoms with E-state index in [1.54, 1.807) is 18.3 Å². The van der Waals surface area contributed by atoms with E-state index in [0.29, 0.717) is 30.2 Å². The highest BCUT2D eigenvalue weighted by molar-refractivity contribution is 5.95. The molecule has 2 bridgehead atoms. The van der Waals surface area contributed by atoms with Gasteiger partial charge in [0.15, 0.2) is 0 Å². The van der Waals surface area contributed by atoms with Gasteiger partial charge in [0, 0.05) is 23.8 Å². The largest absolute Gasteiger partial charge is 0.439 e. The van der Waals surface area contributed by atoms with Crippen molar-refractivity contribution in [3.05, 3.63) is 47.7 Å². The summed E-state index contributed by atoms with van der Waals surface area (Å²) in [5, 5.41) is 2.96. The van der Waals surface area contributed by atoms with Crippen LogP contribution < -0.4 is 10.1 Å². The molecule has 5 heteroatoms. The summed E-state index contributed by atoms with van der Waals surface area (Å²) in [5.41, 5.74) is 3.03. The SMILES string of the molecule is Cc1ccc(Oc2ccc(NC(=O)C3CC4CCCC(C3)C4=O)cn2)cc1C. The van der Waals surface area contributed by atoms with Gasteiger partial charge in [-0.05, 0) is 68.9 Å². The molecule has 1 heterocycles. The molecule has 2 unspecified atom stereocenters. The van der Waals surface area contributed by atoms with Gasteiger partial charge in [0.1, 0.15) is 11.5 Å². The van der Waals surface area contributed by atoms with Crippen molar-refractivity contribution < 1.29 is 14.3 Å². The Bertz CT molecular complexity index is 875. The Hall–Kier alpha value is -2.69. The first-order chi connectivity index (χ1) is 13.5. The predicted octanol–water partition coefficient (Wildman–Crippen LogP) is 4.82. The molecule has 2 fully saturated rings. The van der Waals surface area contributed by atoms with E-state index in [4.69, 9.17) is 4.74 Å². The molecule has 4 rings (SSSR count). The second kappa shape index (κ2) is 7.74. The Morgan fingerprint density at radius 2 is 1.82 bits per heavy atom. The van der Waals surface area contributed by atoms with Gasteiger partial charge in [-0.15, -0.1) is 0 Å². The normalized spacial score (nSPS) is 23.9. The van der Waals surface area contributed by atoms with Crippen LogP contribution in [0.25, 0.3) is 0 Å². The maximum atomic E-state index is 12.7. The summed E-state index contributed by atoms with van der Waals surface area (Å²) in [6, 6.07) is 9.47. The van der Waals surface area contributed by atoms with Gasteiger partial charge in [0.25, 0.3) is 0 Å². The standard InChI is InChI=1S/C23H26N2O3/c1-14-6-8-20(10-15(14)2)28-21-9-7-19(13-24-21)25-23(27)18-11-16-4-3-5-17(12-18)22(16)26/h6-10,13,16-18H,3-5,11-12H2,1-2H3,(H,25,27). The maximum Gasteiger partial charge on any atom is 0.227 e. The van der Waals surface area contributed by atoms with Crippen LogP contribution in [0.4, 0.5) is 5.69 Å². The minimum Gasteiger partial charge on any atom is -0.439 e. The van der Waals surface area contributed by atoms with Crippen molar-refractivity contribution >= 4 is 17.4 Å². The van der Waals surface area contributed by atoms with Crippen molar-refractivity contribution in [3.8, 4) is 11.6 Å². The number of nitrogens with zero attached hydrogens (tertiary/aromatic N) is 1. The summed E-state index contributed by atoms with van der Waals surface area (Å²) in [5.74, 6) is 1.67. The molecule has 2 atom stereocenters. The number of nitrogens with one attached hydrogen (secondary N) is 1. The van der Waals surface area contributed by atoms with E-state index >= 15 is 0 Å². The van der Waals surface area contributed by atoms with E-state index in [2.05, 4.69) is 17.2 Å². The summed E-state index contributed by atoms with van der Waals surface area (Å²) in [6.45, 7) is 4.10. The van der Waals surface area contributed by atoms with Gasteiger partial charge < -0.3 is 10.1 Å². The van der Waals surface area contributed by atoms with Crippen LogP contribution in [0.3, 0.4) is 0 Å². The molecule has 2 aliphatic rings. The lowest BCUT2D eigenvalue weighted by atomic mass is 9.67.